The summed E-state index contributed by atoms with van der Waals surface area (Å²) >= 11 is 0. The molecule has 0 bridgehead atoms. The van der Waals surface area contributed by atoms with Gasteiger partial charge >= 0.3 is 0 Å². The molecule has 3 aliphatic rings. The molecule has 0 spiro atoms. The molecule has 24 heavy (non-hydrogen) atoms. The molecule has 1 aromatic heterocycles. The Morgan fingerprint density at radius 2 is 1.58 bits per heavy atom. The van der Waals surface area contributed by atoms with Crippen molar-refractivity contribution in [2.45, 2.75) is 75.7 Å². The molecule has 2 aliphatic carbocycles. The summed E-state index contributed by atoms with van der Waals surface area (Å²) in [6.07, 6.45) is 10.5. The number of hydrogen-bond acceptors (Lipinski definition) is 5. The van der Waals surface area contributed by atoms with Gasteiger partial charge in [-0.3, -0.25) is 9.69 Å². The molecule has 2 heterocycles. The van der Waals surface area contributed by atoms with E-state index in [0.29, 0.717) is 24.4 Å². The third-order valence-corrected chi connectivity index (χ3v) is 5.66. The van der Waals surface area contributed by atoms with Gasteiger partial charge in [-0.1, -0.05) is 19.3 Å². The average molecular weight is 332 g/mol. The van der Waals surface area contributed by atoms with Crippen molar-refractivity contribution in [3.63, 3.8) is 0 Å². The Kier molecular flexibility index (Phi) is 4.83. The highest BCUT2D eigenvalue weighted by atomic mass is 16.4. The summed E-state index contributed by atoms with van der Waals surface area (Å²) in [5.74, 6) is 2.72. The van der Waals surface area contributed by atoms with E-state index in [1.54, 1.807) is 0 Å². The summed E-state index contributed by atoms with van der Waals surface area (Å²) in [7, 11) is 0. The van der Waals surface area contributed by atoms with Crippen molar-refractivity contribution >= 4 is 5.91 Å². The fraction of sp³-hybridized carbons (Fsp3) is 0.833. The molecule has 3 fully saturated rings. The van der Waals surface area contributed by atoms with Gasteiger partial charge in [0.2, 0.25) is 17.7 Å². The number of carbonyl (C=O) groups excluding carboxylic acids is 1. The molecule has 0 radical (unpaired) electrons. The van der Waals surface area contributed by atoms with Gasteiger partial charge in [0.05, 0.1) is 6.54 Å². The van der Waals surface area contributed by atoms with Crippen LogP contribution in [-0.2, 0) is 4.79 Å². The van der Waals surface area contributed by atoms with Gasteiger partial charge in [-0.2, -0.15) is 0 Å². The van der Waals surface area contributed by atoms with Crippen LogP contribution in [0.15, 0.2) is 4.42 Å². The summed E-state index contributed by atoms with van der Waals surface area (Å²) in [4.78, 5) is 14.5. The standard InChI is InChI=1S/C18H28N4O2/c23-16(19-15-4-2-1-3-5-15)12-22-10-8-14(9-11-22)18-21-20-17(24-18)13-6-7-13/h13-15H,1-12H2,(H,19,23). The van der Waals surface area contributed by atoms with Gasteiger partial charge in [0.1, 0.15) is 0 Å². The molecule has 0 atom stereocenters. The first-order valence-corrected chi connectivity index (χ1v) is 9.63. The molecule has 6 nitrogen and oxygen atoms in total. The van der Waals surface area contributed by atoms with Crippen molar-refractivity contribution in [1.82, 2.24) is 20.4 Å². The molecule has 0 unspecified atom stereocenters. The predicted octanol–water partition coefficient (Wildman–Crippen LogP) is 2.58. The van der Waals surface area contributed by atoms with Crippen LogP contribution < -0.4 is 5.32 Å². The maximum absolute atomic E-state index is 12.2. The molecule has 4 rings (SSSR count). The molecule has 1 aromatic rings. The molecular formula is C18H28N4O2. The highest BCUT2D eigenvalue weighted by Gasteiger charge is 2.32. The van der Waals surface area contributed by atoms with Crippen molar-refractivity contribution in [2.75, 3.05) is 19.6 Å². The van der Waals surface area contributed by atoms with Crippen LogP contribution in [0.25, 0.3) is 0 Å². The highest BCUT2D eigenvalue weighted by molar-refractivity contribution is 5.78. The van der Waals surface area contributed by atoms with Crippen LogP contribution in [-0.4, -0.2) is 46.7 Å². The molecule has 1 N–H and O–H groups in total. The second-order valence-electron chi connectivity index (χ2n) is 7.71. The van der Waals surface area contributed by atoms with Crippen LogP contribution in [0.3, 0.4) is 0 Å². The molecule has 1 saturated heterocycles. The molecule has 132 valence electrons. The number of nitrogens with zero attached hydrogens (tertiary/aromatic N) is 3. The van der Waals surface area contributed by atoms with Gasteiger partial charge < -0.3 is 9.73 Å². The summed E-state index contributed by atoms with van der Waals surface area (Å²) in [6.45, 7) is 2.40. The van der Waals surface area contributed by atoms with Crippen LogP contribution in [0.5, 0.6) is 0 Å². The maximum atomic E-state index is 12.2. The van der Waals surface area contributed by atoms with Crippen LogP contribution in [0, 0.1) is 0 Å². The van der Waals surface area contributed by atoms with E-state index in [4.69, 9.17) is 4.42 Å². The number of piperidine rings is 1. The number of hydrogen-bond donors (Lipinski definition) is 1. The SMILES string of the molecule is O=C(CN1CCC(c2nnc(C3CC3)o2)CC1)NC1CCCCC1. The van der Waals surface area contributed by atoms with Gasteiger partial charge in [0.25, 0.3) is 0 Å². The second-order valence-corrected chi connectivity index (χ2v) is 7.71. The topological polar surface area (TPSA) is 71.3 Å². The van der Waals surface area contributed by atoms with Crippen molar-refractivity contribution in [3.8, 4) is 0 Å². The molecule has 6 heteroatoms. The van der Waals surface area contributed by atoms with E-state index in [1.165, 1.54) is 32.1 Å². The Labute approximate surface area is 143 Å². The van der Waals surface area contributed by atoms with Gasteiger partial charge in [0, 0.05) is 17.9 Å². The van der Waals surface area contributed by atoms with Crippen LogP contribution in [0.4, 0.5) is 0 Å². The minimum atomic E-state index is 0.189. The summed E-state index contributed by atoms with van der Waals surface area (Å²) < 4.78 is 5.84. The Hall–Kier alpha value is -1.43. The lowest BCUT2D eigenvalue weighted by molar-refractivity contribution is -0.123. The minimum Gasteiger partial charge on any atom is -0.425 e. The molecular weight excluding hydrogens is 304 g/mol. The molecule has 2 saturated carbocycles. The van der Waals surface area contributed by atoms with E-state index < -0.39 is 0 Å². The number of amides is 1. The Balaban J connectivity index is 1.21. The second kappa shape index (κ2) is 7.21. The van der Waals surface area contributed by atoms with Crippen LogP contribution in [0.2, 0.25) is 0 Å². The van der Waals surface area contributed by atoms with Gasteiger partial charge in [-0.25, -0.2) is 0 Å². The minimum absolute atomic E-state index is 0.189. The smallest absolute Gasteiger partial charge is 0.234 e. The van der Waals surface area contributed by atoms with Crippen molar-refractivity contribution in [1.29, 1.82) is 0 Å². The van der Waals surface area contributed by atoms with Crippen LogP contribution in [0.1, 0.15) is 81.4 Å². The highest BCUT2D eigenvalue weighted by Crippen LogP contribution is 2.40. The van der Waals surface area contributed by atoms with E-state index in [9.17, 15) is 4.79 Å². The first-order valence-electron chi connectivity index (χ1n) is 9.63. The first kappa shape index (κ1) is 16.1. The predicted molar refractivity (Wildman–Crippen MR) is 89.7 cm³/mol. The molecule has 0 aromatic carbocycles. The Bertz CT molecular complexity index is 555. The number of nitrogens with one attached hydrogen (secondary N) is 1. The summed E-state index contributed by atoms with van der Waals surface area (Å²) in [6, 6.07) is 0.406. The zero-order valence-electron chi connectivity index (χ0n) is 14.4. The fourth-order valence-corrected chi connectivity index (χ4v) is 3.97. The normalized spacial score (nSPS) is 24.2. The van der Waals surface area contributed by atoms with Gasteiger partial charge in [0.15, 0.2) is 0 Å². The van der Waals surface area contributed by atoms with Crippen LogP contribution >= 0.6 is 0 Å². The van der Waals surface area contributed by atoms with Crippen molar-refractivity contribution < 1.29 is 9.21 Å². The Morgan fingerprint density at radius 3 is 2.21 bits per heavy atom. The van der Waals surface area contributed by atoms with E-state index in [2.05, 4.69) is 20.4 Å². The van der Waals surface area contributed by atoms with Crippen molar-refractivity contribution in [2.24, 2.45) is 0 Å². The average Bonchev–Trinajstić information content (AvgIpc) is 3.34. The van der Waals surface area contributed by atoms with E-state index in [0.717, 1.165) is 50.6 Å². The van der Waals surface area contributed by atoms with E-state index in [1.807, 2.05) is 0 Å². The monoisotopic (exact) mass is 332 g/mol. The Morgan fingerprint density at radius 1 is 0.958 bits per heavy atom. The van der Waals surface area contributed by atoms with E-state index >= 15 is 0 Å². The third-order valence-electron chi connectivity index (χ3n) is 5.66. The number of likely N-dealkylation sites (tertiary alicyclic amines) is 1. The van der Waals surface area contributed by atoms with Gasteiger partial charge in [-0.05, 0) is 51.6 Å². The number of rotatable bonds is 5. The zero-order chi connectivity index (χ0) is 16.4. The lowest BCUT2D eigenvalue weighted by Crippen LogP contribution is -2.44. The molecule has 1 aliphatic heterocycles. The first-order chi connectivity index (χ1) is 11.8. The summed E-state index contributed by atoms with van der Waals surface area (Å²) in [5.41, 5.74) is 0. The lowest BCUT2D eigenvalue weighted by atomic mass is 9.95. The molecule has 1 amide bonds. The fourth-order valence-electron chi connectivity index (χ4n) is 3.97. The van der Waals surface area contributed by atoms with E-state index in [-0.39, 0.29) is 5.91 Å². The largest absolute Gasteiger partial charge is 0.425 e. The zero-order valence-corrected chi connectivity index (χ0v) is 14.4. The quantitative estimate of drug-likeness (QED) is 0.897. The lowest BCUT2D eigenvalue weighted by Gasteiger charge is -2.30. The van der Waals surface area contributed by atoms with Crippen molar-refractivity contribution in [3.05, 3.63) is 11.8 Å². The number of aromatic nitrogens is 2. The maximum Gasteiger partial charge on any atom is 0.234 e. The third kappa shape index (κ3) is 3.97. The number of carbonyl (C=O) groups is 1. The van der Waals surface area contributed by atoms with Gasteiger partial charge in [-0.15, -0.1) is 10.2 Å². The summed E-state index contributed by atoms with van der Waals surface area (Å²) in [5, 5.41) is 11.7.